The molecule has 0 unspecified atom stereocenters. The van der Waals surface area contributed by atoms with E-state index in [0.717, 1.165) is 30.9 Å². The highest BCUT2D eigenvalue weighted by molar-refractivity contribution is 5.48. The summed E-state index contributed by atoms with van der Waals surface area (Å²) in [5, 5.41) is 2.93. The Morgan fingerprint density at radius 2 is 1.74 bits per heavy atom. The molecule has 2 nitrogen and oxygen atoms in total. The third-order valence-corrected chi connectivity index (χ3v) is 2.74. The van der Waals surface area contributed by atoms with Gasteiger partial charge in [-0.1, -0.05) is 57.9 Å². The molecule has 1 aromatic carbocycles. The van der Waals surface area contributed by atoms with Gasteiger partial charge in [0.25, 0.3) is 0 Å². The van der Waals surface area contributed by atoms with E-state index in [4.69, 9.17) is 4.74 Å². The SMILES string of the molecule is C=Cc1ccc(OCCCCCC)cc1.CCNC. The fourth-order valence-corrected chi connectivity index (χ4v) is 1.42. The molecule has 0 aliphatic heterocycles. The monoisotopic (exact) mass is 263 g/mol. The topological polar surface area (TPSA) is 21.3 Å². The predicted octanol–water partition coefficient (Wildman–Crippen LogP) is 4.51. The zero-order valence-electron chi connectivity index (χ0n) is 12.7. The van der Waals surface area contributed by atoms with Gasteiger partial charge >= 0.3 is 0 Å². The minimum Gasteiger partial charge on any atom is -0.494 e. The van der Waals surface area contributed by atoms with Gasteiger partial charge < -0.3 is 10.1 Å². The number of hydrogen-bond acceptors (Lipinski definition) is 2. The summed E-state index contributed by atoms with van der Waals surface area (Å²) in [5.41, 5.74) is 1.13. The lowest BCUT2D eigenvalue weighted by molar-refractivity contribution is 0.305. The van der Waals surface area contributed by atoms with E-state index < -0.39 is 0 Å². The van der Waals surface area contributed by atoms with Crippen molar-refractivity contribution in [2.75, 3.05) is 20.2 Å². The van der Waals surface area contributed by atoms with E-state index in [1.54, 1.807) is 0 Å². The van der Waals surface area contributed by atoms with Gasteiger partial charge in [0.1, 0.15) is 5.75 Å². The van der Waals surface area contributed by atoms with E-state index in [9.17, 15) is 0 Å². The van der Waals surface area contributed by atoms with Crippen molar-refractivity contribution < 1.29 is 4.74 Å². The minimum atomic E-state index is 0.827. The summed E-state index contributed by atoms with van der Waals surface area (Å²) in [7, 11) is 1.93. The lowest BCUT2D eigenvalue weighted by Crippen LogP contribution is -2.01. The number of benzene rings is 1. The summed E-state index contributed by atoms with van der Waals surface area (Å²) in [6.07, 6.45) is 6.83. The summed E-state index contributed by atoms with van der Waals surface area (Å²) in [6, 6.07) is 8.04. The number of hydrogen-bond donors (Lipinski definition) is 1. The normalized spacial score (nSPS) is 9.42. The first kappa shape index (κ1) is 17.7. The molecule has 2 heteroatoms. The van der Waals surface area contributed by atoms with Gasteiger partial charge in [0, 0.05) is 0 Å². The summed E-state index contributed by atoms with van der Waals surface area (Å²) < 4.78 is 5.62. The Kier molecular flexibility index (Phi) is 12.3. The molecule has 0 aromatic heterocycles. The van der Waals surface area contributed by atoms with Gasteiger partial charge in [-0.25, -0.2) is 0 Å². The second-order valence-corrected chi connectivity index (χ2v) is 4.39. The van der Waals surface area contributed by atoms with Crippen molar-refractivity contribution >= 4 is 6.08 Å². The van der Waals surface area contributed by atoms with Crippen molar-refractivity contribution in [3.8, 4) is 5.75 Å². The third-order valence-electron chi connectivity index (χ3n) is 2.74. The number of rotatable bonds is 8. The van der Waals surface area contributed by atoms with Crippen LogP contribution in [0.15, 0.2) is 30.8 Å². The Morgan fingerprint density at radius 1 is 1.11 bits per heavy atom. The molecule has 0 aliphatic rings. The second-order valence-electron chi connectivity index (χ2n) is 4.39. The van der Waals surface area contributed by atoms with E-state index in [0.29, 0.717) is 0 Å². The highest BCUT2D eigenvalue weighted by atomic mass is 16.5. The minimum absolute atomic E-state index is 0.827. The molecule has 0 bridgehead atoms. The maximum absolute atomic E-state index is 5.62. The third kappa shape index (κ3) is 10.3. The molecule has 1 rings (SSSR count). The second kappa shape index (κ2) is 13.2. The number of unbranched alkanes of at least 4 members (excludes halogenated alkanes) is 3. The molecule has 0 saturated heterocycles. The van der Waals surface area contributed by atoms with Crippen LogP contribution in [0.2, 0.25) is 0 Å². The molecule has 0 spiro atoms. The van der Waals surface area contributed by atoms with Crippen LogP contribution in [0.4, 0.5) is 0 Å². The van der Waals surface area contributed by atoms with Crippen LogP contribution in [-0.2, 0) is 0 Å². The van der Waals surface area contributed by atoms with Crippen molar-refractivity contribution in [2.24, 2.45) is 0 Å². The molecule has 0 aliphatic carbocycles. The summed E-state index contributed by atoms with van der Waals surface area (Å²) in [6.45, 7) is 9.90. The van der Waals surface area contributed by atoms with Crippen LogP contribution in [0.1, 0.15) is 45.1 Å². The van der Waals surface area contributed by atoms with E-state index >= 15 is 0 Å². The van der Waals surface area contributed by atoms with Gasteiger partial charge in [0.2, 0.25) is 0 Å². The Morgan fingerprint density at radius 3 is 2.21 bits per heavy atom. The molecular weight excluding hydrogens is 234 g/mol. The molecule has 108 valence electrons. The fourth-order valence-electron chi connectivity index (χ4n) is 1.42. The van der Waals surface area contributed by atoms with Gasteiger partial charge in [-0.2, -0.15) is 0 Å². The van der Waals surface area contributed by atoms with Crippen molar-refractivity contribution in [2.45, 2.75) is 39.5 Å². The molecule has 0 radical (unpaired) electrons. The zero-order valence-corrected chi connectivity index (χ0v) is 12.7. The highest BCUT2D eigenvalue weighted by Crippen LogP contribution is 2.13. The van der Waals surface area contributed by atoms with Crippen molar-refractivity contribution in [1.29, 1.82) is 0 Å². The van der Waals surface area contributed by atoms with E-state index in [-0.39, 0.29) is 0 Å². The number of nitrogens with one attached hydrogen (secondary N) is 1. The zero-order chi connectivity index (χ0) is 14.3. The van der Waals surface area contributed by atoms with Crippen LogP contribution in [0.3, 0.4) is 0 Å². The van der Waals surface area contributed by atoms with E-state index in [1.807, 2.05) is 37.4 Å². The molecule has 0 heterocycles. The van der Waals surface area contributed by atoms with Crippen LogP contribution in [-0.4, -0.2) is 20.2 Å². The smallest absolute Gasteiger partial charge is 0.119 e. The molecular formula is C17H29NO. The van der Waals surface area contributed by atoms with Crippen LogP contribution in [0, 0.1) is 0 Å². The summed E-state index contributed by atoms with van der Waals surface area (Å²) >= 11 is 0. The Balaban J connectivity index is 0.000000711. The lowest BCUT2D eigenvalue weighted by Gasteiger charge is -2.05. The quantitative estimate of drug-likeness (QED) is 0.697. The van der Waals surface area contributed by atoms with Crippen LogP contribution < -0.4 is 10.1 Å². The maximum atomic E-state index is 5.62. The van der Waals surface area contributed by atoms with Crippen molar-refractivity contribution in [3.63, 3.8) is 0 Å². The molecule has 0 amide bonds. The molecule has 0 atom stereocenters. The lowest BCUT2D eigenvalue weighted by atomic mass is 10.2. The summed E-state index contributed by atoms with van der Waals surface area (Å²) in [5.74, 6) is 0.956. The van der Waals surface area contributed by atoms with Gasteiger partial charge in [0.15, 0.2) is 0 Å². The average molecular weight is 263 g/mol. The standard InChI is InChI=1S/C14H20O.C3H9N/c1-3-5-6-7-12-15-14-10-8-13(4-2)9-11-14;1-3-4-2/h4,8-11H,2-3,5-7,12H2,1H3;4H,3H2,1-2H3. The molecule has 1 N–H and O–H groups in total. The average Bonchev–Trinajstić information content (AvgIpc) is 2.48. The molecule has 0 saturated carbocycles. The van der Waals surface area contributed by atoms with Gasteiger partial charge in [0.05, 0.1) is 6.61 Å². The maximum Gasteiger partial charge on any atom is 0.119 e. The molecule has 0 fully saturated rings. The predicted molar refractivity (Wildman–Crippen MR) is 85.8 cm³/mol. The first-order chi connectivity index (χ1) is 9.28. The van der Waals surface area contributed by atoms with Crippen molar-refractivity contribution in [3.05, 3.63) is 36.4 Å². The highest BCUT2D eigenvalue weighted by Gasteiger charge is 1.93. The van der Waals surface area contributed by atoms with Gasteiger partial charge in [-0.15, -0.1) is 0 Å². The Labute approximate surface area is 118 Å². The van der Waals surface area contributed by atoms with Crippen LogP contribution >= 0.6 is 0 Å². The number of ether oxygens (including phenoxy) is 1. The first-order valence-electron chi connectivity index (χ1n) is 7.28. The molecule has 19 heavy (non-hydrogen) atoms. The Hall–Kier alpha value is -1.28. The van der Waals surface area contributed by atoms with Crippen LogP contribution in [0.25, 0.3) is 6.08 Å². The first-order valence-corrected chi connectivity index (χ1v) is 7.28. The Bertz CT molecular complexity index is 304. The largest absolute Gasteiger partial charge is 0.494 e. The van der Waals surface area contributed by atoms with E-state index in [2.05, 4.69) is 25.7 Å². The van der Waals surface area contributed by atoms with Crippen LogP contribution in [0.5, 0.6) is 5.75 Å². The van der Waals surface area contributed by atoms with Gasteiger partial charge in [-0.3, -0.25) is 0 Å². The fraction of sp³-hybridized carbons (Fsp3) is 0.529. The van der Waals surface area contributed by atoms with Gasteiger partial charge in [-0.05, 0) is 37.7 Å². The van der Waals surface area contributed by atoms with Crippen molar-refractivity contribution in [1.82, 2.24) is 5.32 Å². The molecule has 1 aromatic rings. The summed E-state index contributed by atoms with van der Waals surface area (Å²) in [4.78, 5) is 0. The van der Waals surface area contributed by atoms with E-state index in [1.165, 1.54) is 19.3 Å².